The summed E-state index contributed by atoms with van der Waals surface area (Å²) in [5.74, 6) is 0.0480. The highest BCUT2D eigenvalue weighted by Gasteiger charge is 2.22. The molecule has 0 heterocycles. The van der Waals surface area contributed by atoms with Crippen LogP contribution in [0.3, 0.4) is 0 Å². The van der Waals surface area contributed by atoms with E-state index >= 15 is 0 Å². The van der Waals surface area contributed by atoms with Gasteiger partial charge in [-0.3, -0.25) is 4.79 Å². The van der Waals surface area contributed by atoms with E-state index in [0.717, 1.165) is 18.5 Å². The normalized spacial score (nSPS) is 12.2. The molecule has 0 saturated carbocycles. The lowest BCUT2D eigenvalue weighted by atomic mass is 10.1. The van der Waals surface area contributed by atoms with Gasteiger partial charge in [0.05, 0.1) is 0 Å². The summed E-state index contributed by atoms with van der Waals surface area (Å²) >= 11 is 5.97. The molecule has 0 aliphatic rings. The summed E-state index contributed by atoms with van der Waals surface area (Å²) in [5.41, 5.74) is 1.04. The quantitative estimate of drug-likeness (QED) is 0.766. The lowest BCUT2D eigenvalue weighted by Gasteiger charge is -2.26. The minimum Gasteiger partial charge on any atom is -0.372 e. The van der Waals surface area contributed by atoms with Crippen molar-refractivity contribution >= 4 is 17.5 Å². The van der Waals surface area contributed by atoms with Gasteiger partial charge >= 0.3 is 0 Å². The van der Waals surface area contributed by atoms with E-state index in [0.29, 0.717) is 18.0 Å². The Hall–Kier alpha value is -1.06. The van der Waals surface area contributed by atoms with Gasteiger partial charge in [-0.2, -0.15) is 0 Å². The first-order valence-electron chi connectivity index (χ1n) is 6.68. The van der Waals surface area contributed by atoms with Crippen LogP contribution in [0.4, 0.5) is 0 Å². The molecule has 1 unspecified atom stereocenters. The maximum absolute atomic E-state index is 12.4. The number of halogens is 1. The molecule has 1 amide bonds. The third-order valence-corrected chi connectivity index (χ3v) is 3.23. The number of ether oxygens (including phenoxy) is 1. The molecule has 0 N–H and O–H groups in total. The second-order valence-electron chi connectivity index (χ2n) is 4.52. The van der Waals surface area contributed by atoms with Crippen molar-refractivity contribution in [3.8, 4) is 0 Å². The first-order valence-corrected chi connectivity index (χ1v) is 7.06. The first-order chi connectivity index (χ1) is 9.12. The predicted octanol–water partition coefficient (Wildman–Crippen LogP) is 3.50. The zero-order chi connectivity index (χ0) is 14.3. The predicted molar refractivity (Wildman–Crippen MR) is 78.2 cm³/mol. The Labute approximate surface area is 120 Å². The molecule has 0 aromatic heterocycles. The number of carbonyl (C=O) groups is 1. The molecule has 0 spiro atoms. The number of methoxy groups -OCH3 is 1. The van der Waals surface area contributed by atoms with Crippen LogP contribution >= 0.6 is 11.6 Å². The highest BCUT2D eigenvalue weighted by molar-refractivity contribution is 6.30. The maximum atomic E-state index is 12.4. The van der Waals surface area contributed by atoms with Crippen LogP contribution in [-0.2, 0) is 16.1 Å². The second kappa shape index (κ2) is 8.18. The van der Waals surface area contributed by atoms with Crippen molar-refractivity contribution in [1.82, 2.24) is 4.90 Å². The van der Waals surface area contributed by atoms with E-state index in [4.69, 9.17) is 16.3 Å². The molecule has 4 heteroatoms. The highest BCUT2D eigenvalue weighted by atomic mass is 35.5. The van der Waals surface area contributed by atoms with Crippen molar-refractivity contribution in [2.75, 3.05) is 13.7 Å². The summed E-state index contributed by atoms with van der Waals surface area (Å²) in [6.07, 6.45) is 1.25. The van der Waals surface area contributed by atoms with Crippen LogP contribution in [0.25, 0.3) is 0 Å². The average Bonchev–Trinajstić information content (AvgIpc) is 2.39. The van der Waals surface area contributed by atoms with E-state index in [2.05, 4.69) is 6.92 Å². The van der Waals surface area contributed by atoms with E-state index in [-0.39, 0.29) is 12.0 Å². The zero-order valence-electron chi connectivity index (χ0n) is 11.9. The lowest BCUT2D eigenvalue weighted by molar-refractivity contribution is -0.142. The van der Waals surface area contributed by atoms with Crippen LogP contribution in [0.15, 0.2) is 24.3 Å². The summed E-state index contributed by atoms with van der Waals surface area (Å²) in [7, 11) is 1.58. The lowest BCUT2D eigenvalue weighted by Crippen LogP contribution is -2.39. The second-order valence-corrected chi connectivity index (χ2v) is 4.96. The van der Waals surface area contributed by atoms with Gasteiger partial charge in [-0.05, 0) is 30.5 Å². The fraction of sp³-hybridized carbons (Fsp3) is 0.533. The first kappa shape index (κ1) is 16.0. The Balaban J connectivity index is 2.80. The van der Waals surface area contributed by atoms with Gasteiger partial charge in [-0.25, -0.2) is 0 Å². The van der Waals surface area contributed by atoms with E-state index in [1.54, 1.807) is 7.11 Å². The Morgan fingerprint density at radius 3 is 2.68 bits per heavy atom. The molecule has 0 saturated heterocycles. The number of hydrogen-bond donors (Lipinski definition) is 0. The number of hydrogen-bond acceptors (Lipinski definition) is 2. The number of nitrogens with zero attached hydrogens (tertiary/aromatic N) is 1. The van der Waals surface area contributed by atoms with Gasteiger partial charge in [-0.1, -0.05) is 37.6 Å². The summed E-state index contributed by atoms with van der Waals surface area (Å²) in [5, 5.41) is 0.695. The largest absolute Gasteiger partial charge is 0.372 e. The van der Waals surface area contributed by atoms with Crippen molar-refractivity contribution in [3.63, 3.8) is 0 Å². The number of rotatable bonds is 7. The van der Waals surface area contributed by atoms with E-state index in [1.165, 1.54) is 0 Å². The molecular formula is C15H22ClNO2. The summed E-state index contributed by atoms with van der Waals surface area (Å²) in [6, 6.07) is 7.61. The van der Waals surface area contributed by atoms with Crippen LogP contribution in [0, 0.1) is 0 Å². The minimum absolute atomic E-state index is 0.0480. The van der Waals surface area contributed by atoms with Crippen molar-refractivity contribution in [2.45, 2.75) is 39.3 Å². The van der Waals surface area contributed by atoms with Crippen molar-refractivity contribution in [2.24, 2.45) is 0 Å². The van der Waals surface area contributed by atoms with E-state index in [1.807, 2.05) is 36.1 Å². The highest BCUT2D eigenvalue weighted by Crippen LogP contribution is 2.14. The van der Waals surface area contributed by atoms with Crippen molar-refractivity contribution in [3.05, 3.63) is 34.9 Å². The van der Waals surface area contributed by atoms with E-state index < -0.39 is 0 Å². The van der Waals surface area contributed by atoms with Gasteiger partial charge < -0.3 is 9.64 Å². The fourth-order valence-corrected chi connectivity index (χ4v) is 2.25. The monoisotopic (exact) mass is 283 g/mol. The summed E-state index contributed by atoms with van der Waals surface area (Å²) in [4.78, 5) is 14.2. The molecule has 106 valence electrons. The number of benzene rings is 1. The molecule has 0 fully saturated rings. The topological polar surface area (TPSA) is 29.5 Å². The van der Waals surface area contributed by atoms with Gasteiger partial charge in [0, 0.05) is 25.2 Å². The Bertz CT molecular complexity index is 405. The molecule has 1 aromatic carbocycles. The van der Waals surface area contributed by atoms with Gasteiger partial charge in [0.2, 0.25) is 0 Å². The number of amides is 1. The Morgan fingerprint density at radius 1 is 1.42 bits per heavy atom. The standard InChI is InChI=1S/C15H22ClNO2/c1-4-9-17(15(18)14(5-2)19-3)11-12-7-6-8-13(16)10-12/h6-8,10,14H,4-5,9,11H2,1-3H3. The van der Waals surface area contributed by atoms with Crippen LogP contribution in [0.2, 0.25) is 5.02 Å². The number of carbonyl (C=O) groups excluding carboxylic acids is 1. The maximum Gasteiger partial charge on any atom is 0.251 e. The third-order valence-electron chi connectivity index (χ3n) is 3.00. The van der Waals surface area contributed by atoms with Gasteiger partial charge in [0.25, 0.3) is 5.91 Å². The van der Waals surface area contributed by atoms with Gasteiger partial charge in [0.1, 0.15) is 6.10 Å². The van der Waals surface area contributed by atoms with Crippen LogP contribution in [0.1, 0.15) is 32.3 Å². The van der Waals surface area contributed by atoms with Crippen molar-refractivity contribution < 1.29 is 9.53 Å². The van der Waals surface area contributed by atoms with Gasteiger partial charge in [0.15, 0.2) is 0 Å². The van der Waals surface area contributed by atoms with Crippen LogP contribution in [-0.4, -0.2) is 30.6 Å². The molecule has 1 rings (SSSR count). The molecule has 0 bridgehead atoms. The molecule has 0 aliphatic carbocycles. The third kappa shape index (κ3) is 4.84. The van der Waals surface area contributed by atoms with Gasteiger partial charge in [-0.15, -0.1) is 0 Å². The average molecular weight is 284 g/mol. The van der Waals surface area contributed by atoms with Crippen LogP contribution in [0.5, 0.6) is 0 Å². The molecular weight excluding hydrogens is 262 g/mol. The molecule has 1 atom stereocenters. The van der Waals surface area contributed by atoms with Crippen molar-refractivity contribution in [1.29, 1.82) is 0 Å². The minimum atomic E-state index is -0.356. The Kier molecular flexibility index (Phi) is 6.89. The summed E-state index contributed by atoms with van der Waals surface area (Å²) < 4.78 is 5.23. The Morgan fingerprint density at radius 2 is 2.16 bits per heavy atom. The molecule has 19 heavy (non-hydrogen) atoms. The SMILES string of the molecule is CCCN(Cc1cccc(Cl)c1)C(=O)C(CC)OC. The molecule has 0 aliphatic heterocycles. The molecule has 1 aromatic rings. The smallest absolute Gasteiger partial charge is 0.251 e. The van der Waals surface area contributed by atoms with E-state index in [9.17, 15) is 4.79 Å². The molecule has 3 nitrogen and oxygen atoms in total. The molecule has 0 radical (unpaired) electrons. The summed E-state index contributed by atoms with van der Waals surface area (Å²) in [6.45, 7) is 5.32. The zero-order valence-corrected chi connectivity index (χ0v) is 12.6. The van der Waals surface area contributed by atoms with Crippen LogP contribution < -0.4 is 0 Å². The fourth-order valence-electron chi connectivity index (χ4n) is 2.04.